The molecule has 16 heavy (non-hydrogen) atoms. The van der Waals surface area contributed by atoms with E-state index in [1.807, 2.05) is 30.3 Å². The molecule has 80 valence electrons. The molecule has 0 aliphatic rings. The van der Waals surface area contributed by atoms with Gasteiger partial charge in [-0.1, -0.05) is 18.2 Å². The normalized spacial score (nSPS) is 8.44. The lowest BCUT2D eigenvalue weighted by atomic mass is 10.3. The van der Waals surface area contributed by atoms with E-state index in [1.54, 1.807) is 19.1 Å². The van der Waals surface area contributed by atoms with Crippen LogP contribution in [0.15, 0.2) is 41.8 Å². The van der Waals surface area contributed by atoms with Gasteiger partial charge >= 0.3 is 0 Å². The lowest BCUT2D eigenvalue weighted by Gasteiger charge is -2.10. The highest BCUT2D eigenvalue weighted by Gasteiger charge is 2.07. The number of hydrogen-bond acceptors (Lipinski definition) is 4. The van der Waals surface area contributed by atoms with Gasteiger partial charge in [0.15, 0.2) is 5.57 Å². The Kier molecular flexibility index (Phi) is 4.43. The Balaban J connectivity index is 2.95. The van der Waals surface area contributed by atoms with Crippen molar-refractivity contribution in [3.63, 3.8) is 0 Å². The summed E-state index contributed by atoms with van der Waals surface area (Å²) in [5, 5.41) is 20.4. The van der Waals surface area contributed by atoms with Crippen molar-refractivity contribution in [2.75, 3.05) is 11.9 Å². The van der Waals surface area contributed by atoms with Crippen LogP contribution in [0.25, 0.3) is 0 Å². The van der Waals surface area contributed by atoms with Crippen LogP contribution >= 0.6 is 0 Å². The van der Waals surface area contributed by atoms with Crippen molar-refractivity contribution in [3.05, 3.63) is 41.8 Å². The van der Waals surface area contributed by atoms with E-state index in [-0.39, 0.29) is 11.5 Å². The standard InChI is InChI=1S/C12H11N3O/c1-2-16-12(10(8-13)9-14)15-11-6-4-3-5-7-11/h3-7,15H,2H2,1H3. The number of nitrogens with one attached hydrogen (secondary N) is 1. The van der Waals surface area contributed by atoms with Crippen LogP contribution in [0.3, 0.4) is 0 Å². The van der Waals surface area contributed by atoms with Crippen molar-refractivity contribution in [3.8, 4) is 12.1 Å². The van der Waals surface area contributed by atoms with Gasteiger partial charge in [0.05, 0.1) is 6.61 Å². The quantitative estimate of drug-likeness (QED) is 0.615. The summed E-state index contributed by atoms with van der Waals surface area (Å²) in [6.07, 6.45) is 0. The summed E-state index contributed by atoms with van der Waals surface area (Å²) in [5.41, 5.74) is 0.708. The van der Waals surface area contributed by atoms with Crippen molar-refractivity contribution in [2.24, 2.45) is 0 Å². The first-order valence-electron chi connectivity index (χ1n) is 4.81. The molecule has 1 aromatic carbocycles. The molecule has 1 N–H and O–H groups in total. The first-order chi connectivity index (χ1) is 7.81. The number of anilines is 1. The summed E-state index contributed by atoms with van der Waals surface area (Å²) in [4.78, 5) is 0. The molecule has 1 rings (SSSR count). The highest BCUT2D eigenvalue weighted by Crippen LogP contribution is 2.12. The first-order valence-corrected chi connectivity index (χ1v) is 4.81. The van der Waals surface area contributed by atoms with E-state index in [2.05, 4.69) is 5.32 Å². The van der Waals surface area contributed by atoms with Crippen LogP contribution in [0.4, 0.5) is 5.69 Å². The van der Waals surface area contributed by atoms with Crippen LogP contribution in [-0.4, -0.2) is 6.61 Å². The molecule has 4 nitrogen and oxygen atoms in total. The van der Waals surface area contributed by atoms with Crippen LogP contribution in [0, 0.1) is 22.7 Å². The van der Waals surface area contributed by atoms with Gasteiger partial charge < -0.3 is 10.1 Å². The molecule has 0 heterocycles. The summed E-state index contributed by atoms with van der Waals surface area (Å²) in [6.45, 7) is 2.18. The van der Waals surface area contributed by atoms with E-state index in [4.69, 9.17) is 15.3 Å². The average molecular weight is 213 g/mol. The fraction of sp³-hybridized carbons (Fsp3) is 0.167. The van der Waals surface area contributed by atoms with E-state index in [1.165, 1.54) is 0 Å². The smallest absolute Gasteiger partial charge is 0.220 e. The SMILES string of the molecule is CCOC(Nc1ccccc1)=C(C#N)C#N. The minimum atomic E-state index is -0.0642. The first kappa shape index (κ1) is 11.6. The number of nitrogens with zero attached hydrogens (tertiary/aromatic N) is 2. The summed E-state index contributed by atoms with van der Waals surface area (Å²) in [5.74, 6) is 0.193. The van der Waals surface area contributed by atoms with Gasteiger partial charge in [0.2, 0.25) is 5.88 Å². The van der Waals surface area contributed by atoms with Crippen LogP contribution < -0.4 is 5.32 Å². The third-order valence-corrected chi connectivity index (χ3v) is 1.77. The van der Waals surface area contributed by atoms with E-state index in [9.17, 15) is 0 Å². The summed E-state index contributed by atoms with van der Waals surface area (Å²) >= 11 is 0. The summed E-state index contributed by atoms with van der Waals surface area (Å²) < 4.78 is 5.21. The van der Waals surface area contributed by atoms with Crippen molar-refractivity contribution in [1.29, 1.82) is 10.5 Å². The minimum absolute atomic E-state index is 0.0642. The fourth-order valence-electron chi connectivity index (χ4n) is 1.09. The zero-order valence-corrected chi connectivity index (χ0v) is 8.90. The Hall–Kier alpha value is -2.46. The van der Waals surface area contributed by atoms with Gasteiger partial charge in [-0.15, -0.1) is 0 Å². The number of benzene rings is 1. The second kappa shape index (κ2) is 6.10. The summed E-state index contributed by atoms with van der Waals surface area (Å²) in [7, 11) is 0. The van der Waals surface area contributed by atoms with Gasteiger partial charge in [-0.25, -0.2) is 0 Å². The van der Waals surface area contributed by atoms with E-state index < -0.39 is 0 Å². The number of allylic oxidation sites excluding steroid dienone is 1. The van der Waals surface area contributed by atoms with Crippen LogP contribution in [0.5, 0.6) is 0 Å². The molecule has 0 bridgehead atoms. The lowest BCUT2D eigenvalue weighted by Crippen LogP contribution is -2.06. The van der Waals surface area contributed by atoms with E-state index in [0.29, 0.717) is 6.61 Å². The zero-order chi connectivity index (χ0) is 11.8. The Morgan fingerprint density at radius 3 is 2.38 bits per heavy atom. The fourth-order valence-corrected chi connectivity index (χ4v) is 1.09. The average Bonchev–Trinajstić information content (AvgIpc) is 2.32. The molecule has 0 unspecified atom stereocenters. The lowest BCUT2D eigenvalue weighted by molar-refractivity contribution is 0.233. The van der Waals surface area contributed by atoms with Gasteiger partial charge in [0, 0.05) is 5.69 Å². The largest absolute Gasteiger partial charge is 0.478 e. The van der Waals surface area contributed by atoms with Gasteiger partial charge in [-0.05, 0) is 19.1 Å². The molecular weight excluding hydrogens is 202 g/mol. The number of nitriles is 2. The van der Waals surface area contributed by atoms with Crippen molar-refractivity contribution in [2.45, 2.75) is 6.92 Å². The summed E-state index contributed by atoms with van der Waals surface area (Å²) in [6, 6.07) is 12.8. The van der Waals surface area contributed by atoms with Crippen LogP contribution in [0.1, 0.15) is 6.92 Å². The number of ether oxygens (including phenoxy) is 1. The second-order valence-corrected chi connectivity index (χ2v) is 2.85. The van der Waals surface area contributed by atoms with Gasteiger partial charge in [0.1, 0.15) is 12.1 Å². The van der Waals surface area contributed by atoms with Crippen molar-refractivity contribution < 1.29 is 4.74 Å². The predicted octanol–water partition coefficient (Wildman–Crippen LogP) is 2.39. The van der Waals surface area contributed by atoms with Gasteiger partial charge in [0.25, 0.3) is 0 Å². The van der Waals surface area contributed by atoms with E-state index in [0.717, 1.165) is 5.69 Å². The topological polar surface area (TPSA) is 68.8 Å². The molecule has 0 radical (unpaired) electrons. The molecule has 0 saturated heterocycles. The zero-order valence-electron chi connectivity index (χ0n) is 8.90. The molecular formula is C12H11N3O. The van der Waals surface area contributed by atoms with Crippen LogP contribution in [0.2, 0.25) is 0 Å². The van der Waals surface area contributed by atoms with Crippen LogP contribution in [-0.2, 0) is 4.74 Å². The molecule has 0 spiro atoms. The molecule has 0 aromatic heterocycles. The Labute approximate surface area is 94.4 Å². The van der Waals surface area contributed by atoms with Gasteiger partial charge in [-0.2, -0.15) is 10.5 Å². The minimum Gasteiger partial charge on any atom is -0.478 e. The third kappa shape index (κ3) is 3.04. The Morgan fingerprint density at radius 1 is 1.25 bits per heavy atom. The third-order valence-electron chi connectivity index (χ3n) is 1.77. The second-order valence-electron chi connectivity index (χ2n) is 2.85. The molecule has 0 fully saturated rings. The molecule has 0 aliphatic carbocycles. The van der Waals surface area contributed by atoms with E-state index >= 15 is 0 Å². The number of hydrogen-bond donors (Lipinski definition) is 1. The Morgan fingerprint density at radius 2 is 1.88 bits per heavy atom. The molecule has 4 heteroatoms. The molecule has 0 atom stereocenters. The molecule has 0 aliphatic heterocycles. The molecule has 0 saturated carbocycles. The molecule has 0 amide bonds. The van der Waals surface area contributed by atoms with Gasteiger partial charge in [-0.3, -0.25) is 0 Å². The molecule has 1 aromatic rings. The van der Waals surface area contributed by atoms with Crippen molar-refractivity contribution in [1.82, 2.24) is 0 Å². The Bertz CT molecular complexity index is 435. The highest BCUT2D eigenvalue weighted by molar-refractivity contribution is 5.51. The maximum atomic E-state index is 8.75. The number of para-hydroxylation sites is 1. The predicted molar refractivity (Wildman–Crippen MR) is 59.9 cm³/mol. The highest BCUT2D eigenvalue weighted by atomic mass is 16.5. The number of rotatable bonds is 4. The maximum Gasteiger partial charge on any atom is 0.220 e. The van der Waals surface area contributed by atoms with Crippen molar-refractivity contribution >= 4 is 5.69 Å². The monoisotopic (exact) mass is 213 g/mol. The maximum absolute atomic E-state index is 8.75.